The van der Waals surface area contributed by atoms with Gasteiger partial charge in [0.25, 0.3) is 0 Å². The Kier molecular flexibility index (Phi) is 3.84. The maximum atomic E-state index is 6.23. The summed E-state index contributed by atoms with van der Waals surface area (Å²) in [6, 6.07) is 6.03. The average molecular weight is 316 g/mol. The zero-order valence-corrected chi connectivity index (χ0v) is 13.4. The van der Waals surface area contributed by atoms with Crippen LogP contribution in [0, 0.1) is 5.92 Å². The first-order valence-electron chi connectivity index (χ1n) is 7.88. The van der Waals surface area contributed by atoms with E-state index in [4.69, 9.17) is 9.47 Å². The average Bonchev–Trinajstić information content (AvgIpc) is 3.37. The van der Waals surface area contributed by atoms with Crippen molar-refractivity contribution in [1.29, 1.82) is 0 Å². The molecule has 0 unspecified atom stereocenters. The molecule has 2 aromatic rings. The molecular formula is C17H20N2O2S. The molecule has 1 aliphatic heterocycles. The molecule has 116 valence electrons. The molecule has 22 heavy (non-hydrogen) atoms. The van der Waals surface area contributed by atoms with Gasteiger partial charge in [0.1, 0.15) is 0 Å². The minimum absolute atomic E-state index is 0.722. The van der Waals surface area contributed by atoms with Crippen molar-refractivity contribution in [3.63, 3.8) is 0 Å². The van der Waals surface area contributed by atoms with Gasteiger partial charge in [0.2, 0.25) is 0 Å². The van der Waals surface area contributed by atoms with Crippen LogP contribution in [0.25, 0.3) is 10.9 Å². The van der Waals surface area contributed by atoms with Crippen molar-refractivity contribution in [2.24, 2.45) is 5.92 Å². The highest BCUT2D eigenvalue weighted by Gasteiger charge is 2.24. The van der Waals surface area contributed by atoms with Crippen LogP contribution in [-0.4, -0.2) is 37.9 Å². The number of pyridine rings is 1. The SMILES string of the molecule is Sc1ccc2ncc(N3CCOCC3)c(OCC3CC3)c2c1. The first-order valence-corrected chi connectivity index (χ1v) is 8.33. The van der Waals surface area contributed by atoms with E-state index in [1.165, 1.54) is 12.8 Å². The van der Waals surface area contributed by atoms with Crippen molar-refractivity contribution < 1.29 is 9.47 Å². The molecule has 2 aliphatic rings. The molecule has 4 nitrogen and oxygen atoms in total. The topological polar surface area (TPSA) is 34.6 Å². The predicted octanol–water partition coefficient (Wildman–Crippen LogP) is 3.15. The zero-order chi connectivity index (χ0) is 14.9. The second-order valence-electron chi connectivity index (χ2n) is 6.03. The Hall–Kier alpha value is -1.46. The molecule has 0 radical (unpaired) electrons. The van der Waals surface area contributed by atoms with Crippen LogP contribution in [0.15, 0.2) is 29.3 Å². The maximum absolute atomic E-state index is 6.23. The van der Waals surface area contributed by atoms with E-state index < -0.39 is 0 Å². The van der Waals surface area contributed by atoms with Gasteiger partial charge < -0.3 is 14.4 Å². The van der Waals surface area contributed by atoms with Crippen LogP contribution in [0.4, 0.5) is 5.69 Å². The summed E-state index contributed by atoms with van der Waals surface area (Å²) in [5, 5.41) is 1.05. The summed E-state index contributed by atoms with van der Waals surface area (Å²) >= 11 is 4.47. The van der Waals surface area contributed by atoms with Gasteiger partial charge in [0, 0.05) is 23.4 Å². The number of ether oxygens (including phenoxy) is 2. The second-order valence-corrected chi connectivity index (χ2v) is 6.54. The molecule has 2 heterocycles. The van der Waals surface area contributed by atoms with Crippen LogP contribution in [0.1, 0.15) is 12.8 Å². The smallest absolute Gasteiger partial charge is 0.153 e. The van der Waals surface area contributed by atoms with Crippen molar-refractivity contribution in [2.45, 2.75) is 17.7 Å². The summed E-state index contributed by atoms with van der Waals surface area (Å²) in [5.74, 6) is 1.68. The minimum atomic E-state index is 0.722. The normalized spacial score (nSPS) is 18.7. The van der Waals surface area contributed by atoms with E-state index in [1.54, 1.807) is 0 Å². The number of hydrogen-bond donors (Lipinski definition) is 1. The predicted molar refractivity (Wildman–Crippen MR) is 90.2 cm³/mol. The van der Waals surface area contributed by atoms with E-state index in [-0.39, 0.29) is 0 Å². The van der Waals surface area contributed by atoms with E-state index in [1.807, 2.05) is 18.3 Å². The monoisotopic (exact) mass is 316 g/mol. The lowest BCUT2D eigenvalue weighted by molar-refractivity contribution is 0.122. The van der Waals surface area contributed by atoms with E-state index >= 15 is 0 Å². The summed E-state index contributed by atoms with van der Waals surface area (Å²) < 4.78 is 11.7. The van der Waals surface area contributed by atoms with Gasteiger partial charge >= 0.3 is 0 Å². The number of hydrogen-bond acceptors (Lipinski definition) is 5. The van der Waals surface area contributed by atoms with E-state index in [0.29, 0.717) is 0 Å². The third-order valence-electron chi connectivity index (χ3n) is 4.30. The fourth-order valence-corrected chi connectivity index (χ4v) is 3.02. The minimum Gasteiger partial charge on any atom is -0.490 e. The zero-order valence-electron chi connectivity index (χ0n) is 12.5. The van der Waals surface area contributed by atoms with Crippen LogP contribution < -0.4 is 9.64 Å². The molecule has 1 aromatic heterocycles. The van der Waals surface area contributed by atoms with Crippen molar-refractivity contribution >= 4 is 29.2 Å². The Morgan fingerprint density at radius 3 is 2.86 bits per heavy atom. The Bertz CT molecular complexity index is 682. The summed E-state index contributed by atoms with van der Waals surface area (Å²) in [7, 11) is 0. The molecule has 1 saturated heterocycles. The van der Waals surface area contributed by atoms with E-state index in [2.05, 4.69) is 28.6 Å². The molecular weight excluding hydrogens is 296 g/mol. The molecule has 0 bridgehead atoms. The van der Waals surface area contributed by atoms with Gasteiger partial charge in [-0.1, -0.05) is 0 Å². The van der Waals surface area contributed by atoms with Crippen LogP contribution in [0.5, 0.6) is 5.75 Å². The highest BCUT2D eigenvalue weighted by molar-refractivity contribution is 7.80. The van der Waals surface area contributed by atoms with Gasteiger partial charge in [-0.2, -0.15) is 0 Å². The molecule has 0 atom stereocenters. The number of anilines is 1. The number of benzene rings is 1. The van der Waals surface area contributed by atoms with Crippen LogP contribution in [0.3, 0.4) is 0 Å². The number of thiol groups is 1. The van der Waals surface area contributed by atoms with Crippen LogP contribution >= 0.6 is 12.6 Å². The quantitative estimate of drug-likeness (QED) is 0.879. The molecule has 4 rings (SSSR count). The van der Waals surface area contributed by atoms with Crippen molar-refractivity contribution in [2.75, 3.05) is 37.8 Å². The number of nitrogens with zero attached hydrogens (tertiary/aromatic N) is 2. The maximum Gasteiger partial charge on any atom is 0.153 e. The Balaban J connectivity index is 1.76. The summed E-state index contributed by atoms with van der Waals surface area (Å²) in [4.78, 5) is 7.85. The molecule has 1 aliphatic carbocycles. The van der Waals surface area contributed by atoms with Gasteiger partial charge in [-0.15, -0.1) is 12.6 Å². The standard InChI is InChI=1S/C17H20N2O2S/c22-13-3-4-15-14(9-13)17(21-11-12-1-2-12)16(10-18-15)19-5-7-20-8-6-19/h3-4,9-10,12,22H,1-2,5-8,11H2. The lowest BCUT2D eigenvalue weighted by Crippen LogP contribution is -2.36. The van der Waals surface area contributed by atoms with Crippen LogP contribution in [0.2, 0.25) is 0 Å². The van der Waals surface area contributed by atoms with Gasteiger partial charge in [-0.3, -0.25) is 4.98 Å². The second kappa shape index (κ2) is 5.97. The molecule has 1 aromatic carbocycles. The van der Waals surface area contributed by atoms with E-state index in [0.717, 1.165) is 66.1 Å². The number of rotatable bonds is 4. The summed E-state index contributed by atoms with van der Waals surface area (Å²) in [5.41, 5.74) is 2.04. The molecule has 0 N–H and O–H groups in total. The highest BCUT2D eigenvalue weighted by Crippen LogP contribution is 2.38. The summed E-state index contributed by atoms with van der Waals surface area (Å²) in [6.07, 6.45) is 4.51. The molecule has 2 fully saturated rings. The first-order chi connectivity index (χ1) is 10.8. The molecule has 1 saturated carbocycles. The van der Waals surface area contributed by atoms with Gasteiger partial charge in [0.05, 0.1) is 37.2 Å². The lowest BCUT2D eigenvalue weighted by Gasteiger charge is -2.30. The third-order valence-corrected chi connectivity index (χ3v) is 4.57. The Morgan fingerprint density at radius 2 is 2.09 bits per heavy atom. The Labute approximate surface area is 135 Å². The van der Waals surface area contributed by atoms with Crippen molar-refractivity contribution in [1.82, 2.24) is 4.98 Å². The van der Waals surface area contributed by atoms with Gasteiger partial charge in [-0.25, -0.2) is 0 Å². The number of aromatic nitrogens is 1. The molecule has 0 spiro atoms. The van der Waals surface area contributed by atoms with E-state index in [9.17, 15) is 0 Å². The number of morpholine rings is 1. The lowest BCUT2D eigenvalue weighted by atomic mass is 10.1. The molecule has 0 amide bonds. The summed E-state index contributed by atoms with van der Waals surface area (Å²) in [6.45, 7) is 4.08. The third kappa shape index (κ3) is 2.88. The van der Waals surface area contributed by atoms with Crippen molar-refractivity contribution in [3.05, 3.63) is 24.4 Å². The Morgan fingerprint density at radius 1 is 1.27 bits per heavy atom. The van der Waals surface area contributed by atoms with Crippen molar-refractivity contribution in [3.8, 4) is 5.75 Å². The highest BCUT2D eigenvalue weighted by atomic mass is 32.1. The number of fused-ring (bicyclic) bond motifs is 1. The fraction of sp³-hybridized carbons (Fsp3) is 0.471. The molecule has 5 heteroatoms. The van der Waals surface area contributed by atoms with Gasteiger partial charge in [0.15, 0.2) is 5.75 Å². The fourth-order valence-electron chi connectivity index (χ4n) is 2.81. The van der Waals surface area contributed by atoms with Crippen LogP contribution in [-0.2, 0) is 4.74 Å². The first kappa shape index (κ1) is 14.2. The largest absolute Gasteiger partial charge is 0.490 e. The van der Waals surface area contributed by atoms with Gasteiger partial charge in [-0.05, 0) is 37.0 Å².